The number of nitro groups is 1. The molecule has 0 saturated heterocycles. The number of hydrogen-bond donors (Lipinski definition) is 1. The Morgan fingerprint density at radius 3 is 2.59 bits per heavy atom. The summed E-state index contributed by atoms with van der Waals surface area (Å²) in [5.41, 5.74) is 3.45. The van der Waals surface area contributed by atoms with Gasteiger partial charge in [0.2, 0.25) is 5.90 Å². The molecule has 0 amide bonds. The van der Waals surface area contributed by atoms with Crippen LogP contribution in [-0.4, -0.2) is 30.0 Å². The van der Waals surface area contributed by atoms with E-state index in [0.717, 1.165) is 5.56 Å². The van der Waals surface area contributed by atoms with E-state index in [4.69, 9.17) is 9.47 Å². The highest BCUT2D eigenvalue weighted by molar-refractivity contribution is 5.94. The number of hydrogen-bond acceptors (Lipinski definition) is 7. The number of carbonyl (C=O) groups excluding carboxylic acids is 1. The standard InChI is InChI=1S/C14H19N3O5/c1-4-21-13(9-14(18)22-5-2)16-15-11-7-6-10(3)8-12(11)17(19)20/h6-8,15H,4-5,9H2,1-3H3/b16-13-. The fraction of sp³-hybridized carbons (Fsp3) is 0.429. The molecule has 0 unspecified atom stereocenters. The van der Waals surface area contributed by atoms with Crippen LogP contribution in [0.4, 0.5) is 11.4 Å². The van der Waals surface area contributed by atoms with Crippen molar-refractivity contribution in [3.63, 3.8) is 0 Å². The van der Waals surface area contributed by atoms with Crippen molar-refractivity contribution in [3.8, 4) is 0 Å². The van der Waals surface area contributed by atoms with Crippen molar-refractivity contribution in [2.75, 3.05) is 18.6 Å². The van der Waals surface area contributed by atoms with Crippen molar-refractivity contribution in [1.82, 2.24) is 0 Å². The van der Waals surface area contributed by atoms with Crippen molar-refractivity contribution in [2.45, 2.75) is 27.2 Å². The molecule has 1 rings (SSSR count). The van der Waals surface area contributed by atoms with Crippen LogP contribution in [-0.2, 0) is 14.3 Å². The Bertz CT molecular complexity index is 572. The first-order valence-corrected chi connectivity index (χ1v) is 6.84. The molecule has 22 heavy (non-hydrogen) atoms. The highest BCUT2D eigenvalue weighted by atomic mass is 16.6. The number of nitrogens with one attached hydrogen (secondary N) is 1. The number of ether oxygens (including phenoxy) is 2. The van der Waals surface area contributed by atoms with Gasteiger partial charge in [-0.25, -0.2) is 0 Å². The lowest BCUT2D eigenvalue weighted by Gasteiger charge is -2.08. The van der Waals surface area contributed by atoms with Crippen molar-refractivity contribution in [2.24, 2.45) is 5.10 Å². The van der Waals surface area contributed by atoms with Crippen LogP contribution in [0.1, 0.15) is 25.8 Å². The topological polar surface area (TPSA) is 103 Å². The van der Waals surface area contributed by atoms with Gasteiger partial charge in [-0.1, -0.05) is 6.07 Å². The summed E-state index contributed by atoms with van der Waals surface area (Å²) in [4.78, 5) is 22.0. The van der Waals surface area contributed by atoms with Crippen molar-refractivity contribution < 1.29 is 19.2 Å². The molecule has 8 heteroatoms. The van der Waals surface area contributed by atoms with Gasteiger partial charge >= 0.3 is 5.97 Å². The van der Waals surface area contributed by atoms with Crippen LogP contribution in [0.3, 0.4) is 0 Å². The van der Waals surface area contributed by atoms with Gasteiger partial charge in [0.15, 0.2) is 0 Å². The molecule has 0 aliphatic heterocycles. The molecule has 0 aliphatic rings. The predicted molar refractivity (Wildman–Crippen MR) is 81.8 cm³/mol. The third-order valence-corrected chi connectivity index (χ3v) is 2.56. The van der Waals surface area contributed by atoms with Crippen molar-refractivity contribution in [3.05, 3.63) is 33.9 Å². The van der Waals surface area contributed by atoms with E-state index in [0.29, 0.717) is 6.61 Å². The molecular weight excluding hydrogens is 290 g/mol. The van der Waals surface area contributed by atoms with Crippen LogP contribution in [0.15, 0.2) is 23.3 Å². The third-order valence-electron chi connectivity index (χ3n) is 2.56. The summed E-state index contributed by atoms with van der Waals surface area (Å²) < 4.78 is 10.0. The number of nitrogens with zero attached hydrogens (tertiary/aromatic N) is 2. The average molecular weight is 309 g/mol. The zero-order chi connectivity index (χ0) is 16.5. The molecule has 0 saturated carbocycles. The quantitative estimate of drug-likeness (QED) is 0.273. The Kier molecular flexibility index (Phi) is 6.81. The molecule has 1 aromatic rings. The van der Waals surface area contributed by atoms with Gasteiger partial charge in [-0.2, -0.15) is 0 Å². The number of aryl methyl sites for hydroxylation is 1. The van der Waals surface area contributed by atoms with Gasteiger partial charge in [0, 0.05) is 6.07 Å². The molecule has 1 aromatic carbocycles. The van der Waals surface area contributed by atoms with Crippen molar-refractivity contribution >= 4 is 23.2 Å². The minimum absolute atomic E-state index is 0.101. The van der Waals surface area contributed by atoms with E-state index < -0.39 is 10.9 Å². The lowest BCUT2D eigenvalue weighted by atomic mass is 10.2. The molecule has 0 atom stereocenters. The molecule has 8 nitrogen and oxygen atoms in total. The molecule has 0 heterocycles. The van der Waals surface area contributed by atoms with Gasteiger partial charge in [-0.05, 0) is 32.4 Å². The summed E-state index contributed by atoms with van der Waals surface area (Å²) in [5.74, 6) is -0.370. The van der Waals surface area contributed by atoms with E-state index >= 15 is 0 Å². The Morgan fingerprint density at radius 1 is 1.32 bits per heavy atom. The van der Waals surface area contributed by atoms with E-state index in [1.165, 1.54) is 6.07 Å². The SMILES string of the molecule is CCOC(=O)C/C(=N/Nc1ccc(C)cc1[N+](=O)[O-])OCC. The Labute approximate surface area is 128 Å². The van der Waals surface area contributed by atoms with E-state index in [2.05, 4.69) is 10.5 Å². The van der Waals surface area contributed by atoms with Gasteiger partial charge in [0.1, 0.15) is 12.1 Å². The summed E-state index contributed by atoms with van der Waals surface area (Å²) in [6, 6.07) is 4.70. The Hall–Kier alpha value is -2.64. The van der Waals surface area contributed by atoms with Gasteiger partial charge in [0.25, 0.3) is 5.69 Å². The minimum Gasteiger partial charge on any atom is -0.480 e. The summed E-state index contributed by atoms with van der Waals surface area (Å²) in [5, 5.41) is 14.9. The van der Waals surface area contributed by atoms with Crippen LogP contribution in [0.25, 0.3) is 0 Å². The molecule has 0 spiro atoms. The molecule has 0 aromatic heterocycles. The maximum atomic E-state index is 11.4. The normalized spacial score (nSPS) is 11.0. The number of rotatable bonds is 7. The monoisotopic (exact) mass is 309 g/mol. The first kappa shape index (κ1) is 17.4. The molecule has 1 N–H and O–H groups in total. The third kappa shape index (κ3) is 5.39. The molecule has 0 fully saturated rings. The Balaban J connectivity index is 2.90. The second-order valence-corrected chi connectivity index (χ2v) is 4.31. The van der Waals surface area contributed by atoms with Gasteiger partial charge < -0.3 is 9.47 Å². The molecule has 120 valence electrons. The van der Waals surface area contributed by atoms with E-state index in [1.807, 2.05) is 0 Å². The number of hydrazone groups is 1. The second-order valence-electron chi connectivity index (χ2n) is 4.31. The number of nitro benzene ring substituents is 1. The number of esters is 1. The van der Waals surface area contributed by atoms with E-state index in [1.54, 1.807) is 32.9 Å². The largest absolute Gasteiger partial charge is 0.480 e. The zero-order valence-electron chi connectivity index (χ0n) is 12.8. The van der Waals surface area contributed by atoms with Crippen LogP contribution >= 0.6 is 0 Å². The minimum atomic E-state index is -0.503. The smallest absolute Gasteiger partial charge is 0.315 e. The average Bonchev–Trinajstić information content (AvgIpc) is 2.46. The van der Waals surface area contributed by atoms with Gasteiger partial charge in [-0.3, -0.25) is 20.3 Å². The van der Waals surface area contributed by atoms with E-state index in [9.17, 15) is 14.9 Å². The number of anilines is 1. The first-order chi connectivity index (χ1) is 10.5. The van der Waals surface area contributed by atoms with Crippen LogP contribution < -0.4 is 5.43 Å². The number of benzene rings is 1. The molecular formula is C14H19N3O5. The summed E-state index contributed by atoms with van der Waals surface area (Å²) >= 11 is 0. The van der Waals surface area contributed by atoms with Gasteiger partial charge in [-0.15, -0.1) is 5.10 Å². The maximum Gasteiger partial charge on any atom is 0.315 e. The zero-order valence-corrected chi connectivity index (χ0v) is 12.8. The van der Waals surface area contributed by atoms with Gasteiger partial charge in [0.05, 0.1) is 18.1 Å². The highest BCUT2D eigenvalue weighted by Crippen LogP contribution is 2.25. The summed E-state index contributed by atoms with van der Waals surface area (Å²) in [6.07, 6.45) is -0.145. The molecule has 0 aliphatic carbocycles. The van der Waals surface area contributed by atoms with Crippen LogP contribution in [0, 0.1) is 17.0 Å². The summed E-state index contributed by atoms with van der Waals surface area (Å²) in [7, 11) is 0. The van der Waals surface area contributed by atoms with Crippen LogP contribution in [0.5, 0.6) is 0 Å². The Morgan fingerprint density at radius 2 is 2.00 bits per heavy atom. The van der Waals surface area contributed by atoms with Crippen molar-refractivity contribution in [1.29, 1.82) is 0 Å². The highest BCUT2D eigenvalue weighted by Gasteiger charge is 2.15. The molecule has 0 bridgehead atoms. The lowest BCUT2D eigenvalue weighted by Crippen LogP contribution is -2.15. The van der Waals surface area contributed by atoms with E-state index in [-0.39, 0.29) is 30.3 Å². The fourth-order valence-corrected chi connectivity index (χ4v) is 1.63. The predicted octanol–water partition coefficient (Wildman–Crippen LogP) is 2.62. The molecule has 0 radical (unpaired) electrons. The number of carbonyl (C=O) groups is 1. The first-order valence-electron chi connectivity index (χ1n) is 6.84. The maximum absolute atomic E-state index is 11.4. The lowest BCUT2D eigenvalue weighted by molar-refractivity contribution is -0.384. The van der Waals surface area contributed by atoms with Crippen LogP contribution in [0.2, 0.25) is 0 Å². The fourth-order valence-electron chi connectivity index (χ4n) is 1.63. The summed E-state index contributed by atoms with van der Waals surface area (Å²) in [6.45, 7) is 5.77. The second kappa shape index (κ2) is 8.60.